The van der Waals surface area contributed by atoms with E-state index in [-0.39, 0.29) is 18.4 Å². The van der Waals surface area contributed by atoms with Crippen molar-refractivity contribution in [2.24, 2.45) is 0 Å². The zero-order chi connectivity index (χ0) is 23.2. The second-order valence-electron chi connectivity index (χ2n) is 7.69. The highest BCUT2D eigenvalue weighted by atomic mass is 32.2. The Bertz CT molecular complexity index is 1110. The van der Waals surface area contributed by atoms with Crippen LogP contribution in [-0.2, 0) is 9.53 Å². The van der Waals surface area contributed by atoms with Crippen molar-refractivity contribution in [3.05, 3.63) is 66.5 Å². The molecule has 0 bridgehead atoms. The Labute approximate surface area is 197 Å². The Morgan fingerprint density at radius 3 is 2.61 bits per heavy atom. The Morgan fingerprint density at radius 2 is 1.88 bits per heavy atom. The third-order valence-corrected chi connectivity index (χ3v) is 6.08. The maximum absolute atomic E-state index is 12.9. The molecule has 0 saturated carbocycles. The molecule has 0 unspecified atom stereocenters. The molecule has 172 valence electrons. The lowest BCUT2D eigenvalue weighted by Crippen LogP contribution is -2.36. The molecule has 33 heavy (non-hydrogen) atoms. The van der Waals surface area contributed by atoms with Gasteiger partial charge in [0.15, 0.2) is 5.16 Å². The van der Waals surface area contributed by atoms with Crippen LogP contribution in [0.4, 0.5) is 11.4 Å². The molecule has 2 amide bonds. The summed E-state index contributed by atoms with van der Waals surface area (Å²) in [6, 6.07) is 15.0. The monoisotopic (exact) mass is 465 g/mol. The van der Waals surface area contributed by atoms with Crippen LogP contribution < -0.4 is 10.2 Å². The van der Waals surface area contributed by atoms with Crippen molar-refractivity contribution in [3.63, 3.8) is 0 Å². The van der Waals surface area contributed by atoms with Gasteiger partial charge in [0.2, 0.25) is 5.91 Å². The van der Waals surface area contributed by atoms with Crippen LogP contribution in [-0.4, -0.2) is 72.4 Å². The molecule has 1 fully saturated rings. The first-order valence-corrected chi connectivity index (χ1v) is 11.9. The number of imidazole rings is 1. The quantitative estimate of drug-likeness (QED) is 0.540. The van der Waals surface area contributed by atoms with Gasteiger partial charge >= 0.3 is 0 Å². The lowest BCUT2D eigenvalue weighted by Gasteiger charge is -2.28. The van der Waals surface area contributed by atoms with Crippen LogP contribution in [0.3, 0.4) is 0 Å². The van der Waals surface area contributed by atoms with E-state index in [0.717, 1.165) is 42.8 Å². The highest BCUT2D eigenvalue weighted by Crippen LogP contribution is 2.20. The molecule has 0 radical (unpaired) electrons. The van der Waals surface area contributed by atoms with E-state index in [4.69, 9.17) is 4.74 Å². The number of morpholine rings is 1. The fourth-order valence-corrected chi connectivity index (χ4v) is 4.24. The Hall–Kier alpha value is -3.30. The van der Waals surface area contributed by atoms with Gasteiger partial charge < -0.3 is 19.9 Å². The van der Waals surface area contributed by atoms with E-state index >= 15 is 0 Å². The molecule has 1 aliphatic heterocycles. The fourth-order valence-electron chi connectivity index (χ4n) is 3.71. The second-order valence-corrected chi connectivity index (χ2v) is 8.46. The van der Waals surface area contributed by atoms with E-state index in [1.54, 1.807) is 19.3 Å². The number of hydrogen-bond donors (Lipinski definition) is 1. The van der Waals surface area contributed by atoms with Gasteiger partial charge in [-0.15, -0.1) is 0 Å². The average molecular weight is 466 g/mol. The summed E-state index contributed by atoms with van der Waals surface area (Å²) >= 11 is 1.53. The highest BCUT2D eigenvalue weighted by Gasteiger charge is 2.17. The molecule has 3 aromatic rings. The predicted molar refractivity (Wildman–Crippen MR) is 130 cm³/mol. The first-order valence-electron chi connectivity index (χ1n) is 10.7. The first kappa shape index (κ1) is 22.9. The van der Waals surface area contributed by atoms with Crippen LogP contribution in [0.1, 0.15) is 10.4 Å². The maximum Gasteiger partial charge on any atom is 0.254 e. The van der Waals surface area contributed by atoms with Crippen molar-refractivity contribution in [1.82, 2.24) is 14.5 Å². The molecule has 4 rings (SSSR count). The Kier molecular flexibility index (Phi) is 7.31. The van der Waals surface area contributed by atoms with Crippen molar-refractivity contribution in [2.75, 3.05) is 56.4 Å². The standard InChI is InChI=1S/C24H27N5O3S/c1-27(23(31)18-4-3-5-21(16-18)29-11-10-25-24(29)33-2)17-22(30)26-19-6-8-20(9-7-19)28-12-14-32-15-13-28/h3-11,16H,12-15,17H2,1-2H3,(H,26,30). The zero-order valence-electron chi connectivity index (χ0n) is 18.7. The third kappa shape index (κ3) is 5.55. The van der Waals surface area contributed by atoms with E-state index < -0.39 is 0 Å². The smallest absolute Gasteiger partial charge is 0.254 e. The fraction of sp³-hybridized carbons (Fsp3) is 0.292. The molecule has 8 nitrogen and oxygen atoms in total. The molecule has 0 atom stereocenters. The van der Waals surface area contributed by atoms with Gasteiger partial charge in [0, 0.05) is 55.2 Å². The van der Waals surface area contributed by atoms with Crippen molar-refractivity contribution < 1.29 is 14.3 Å². The number of anilines is 2. The molecule has 0 aliphatic carbocycles. The van der Waals surface area contributed by atoms with Crippen LogP contribution in [0.25, 0.3) is 5.69 Å². The number of benzene rings is 2. The van der Waals surface area contributed by atoms with Crippen LogP contribution in [0.2, 0.25) is 0 Å². The zero-order valence-corrected chi connectivity index (χ0v) is 19.5. The van der Waals surface area contributed by atoms with Gasteiger partial charge in [0.1, 0.15) is 0 Å². The summed E-state index contributed by atoms with van der Waals surface area (Å²) in [5.41, 5.74) is 3.16. The third-order valence-electron chi connectivity index (χ3n) is 5.42. The van der Waals surface area contributed by atoms with E-state index in [9.17, 15) is 9.59 Å². The summed E-state index contributed by atoms with van der Waals surface area (Å²) in [6.07, 6.45) is 5.54. The molecular weight excluding hydrogens is 438 g/mol. The molecule has 1 aliphatic rings. The topological polar surface area (TPSA) is 79.7 Å². The lowest BCUT2D eigenvalue weighted by atomic mass is 10.1. The Morgan fingerprint density at radius 1 is 1.12 bits per heavy atom. The van der Waals surface area contributed by atoms with Gasteiger partial charge in [-0.25, -0.2) is 4.98 Å². The molecule has 2 heterocycles. The van der Waals surface area contributed by atoms with E-state index in [1.807, 2.05) is 59.5 Å². The van der Waals surface area contributed by atoms with Crippen LogP contribution in [0.15, 0.2) is 66.1 Å². The maximum atomic E-state index is 12.9. The summed E-state index contributed by atoms with van der Waals surface area (Å²) in [7, 11) is 1.63. The van der Waals surface area contributed by atoms with Gasteiger partial charge in [-0.1, -0.05) is 17.8 Å². The minimum Gasteiger partial charge on any atom is -0.378 e. The average Bonchev–Trinajstić information content (AvgIpc) is 3.33. The summed E-state index contributed by atoms with van der Waals surface area (Å²) in [5, 5.41) is 3.71. The molecule has 0 spiro atoms. The first-order chi connectivity index (χ1) is 16.0. The number of carbonyl (C=O) groups is 2. The van der Waals surface area contributed by atoms with Gasteiger partial charge in [0.25, 0.3) is 5.91 Å². The number of thioether (sulfide) groups is 1. The largest absolute Gasteiger partial charge is 0.378 e. The van der Waals surface area contributed by atoms with Gasteiger partial charge in [-0.05, 0) is 48.7 Å². The van der Waals surface area contributed by atoms with Crippen LogP contribution in [0.5, 0.6) is 0 Å². The lowest BCUT2D eigenvalue weighted by molar-refractivity contribution is -0.116. The molecule has 9 heteroatoms. The molecule has 1 N–H and O–H groups in total. The molecule has 1 aromatic heterocycles. The van der Waals surface area contributed by atoms with Gasteiger partial charge in [-0.2, -0.15) is 0 Å². The second kappa shape index (κ2) is 10.5. The van der Waals surface area contributed by atoms with Crippen molar-refractivity contribution in [3.8, 4) is 5.69 Å². The van der Waals surface area contributed by atoms with Crippen molar-refractivity contribution in [1.29, 1.82) is 0 Å². The SMILES string of the molecule is CSc1nccn1-c1cccc(C(=O)N(C)CC(=O)Nc2ccc(N3CCOCC3)cc2)c1. The molecule has 1 saturated heterocycles. The normalized spacial score (nSPS) is 13.6. The summed E-state index contributed by atoms with van der Waals surface area (Å²) < 4.78 is 7.31. The Balaban J connectivity index is 1.36. The summed E-state index contributed by atoms with van der Waals surface area (Å²) in [4.78, 5) is 33.4. The molecular formula is C24H27N5O3S. The molecule has 2 aromatic carbocycles. The van der Waals surface area contributed by atoms with Gasteiger partial charge in [-0.3, -0.25) is 14.2 Å². The van der Waals surface area contributed by atoms with Crippen LogP contribution in [0, 0.1) is 0 Å². The number of likely N-dealkylation sites (N-methyl/N-ethyl adjacent to an activating group) is 1. The highest BCUT2D eigenvalue weighted by molar-refractivity contribution is 7.98. The number of carbonyl (C=O) groups excluding carboxylic acids is 2. The number of nitrogens with zero attached hydrogens (tertiary/aromatic N) is 4. The summed E-state index contributed by atoms with van der Waals surface area (Å²) in [6.45, 7) is 3.12. The minimum atomic E-state index is -0.250. The number of nitrogens with one attached hydrogen (secondary N) is 1. The number of ether oxygens (including phenoxy) is 1. The number of amides is 2. The number of aromatic nitrogens is 2. The number of hydrogen-bond acceptors (Lipinski definition) is 6. The van der Waals surface area contributed by atoms with Crippen LogP contribution >= 0.6 is 11.8 Å². The minimum absolute atomic E-state index is 0.0462. The predicted octanol–water partition coefficient (Wildman–Crippen LogP) is 3.14. The van der Waals surface area contributed by atoms with Crippen molar-refractivity contribution in [2.45, 2.75) is 5.16 Å². The number of rotatable bonds is 7. The van der Waals surface area contributed by atoms with E-state index in [1.165, 1.54) is 16.7 Å². The van der Waals surface area contributed by atoms with Crippen molar-refractivity contribution >= 4 is 35.0 Å². The van der Waals surface area contributed by atoms with E-state index in [2.05, 4.69) is 15.2 Å². The van der Waals surface area contributed by atoms with Gasteiger partial charge in [0.05, 0.1) is 19.8 Å². The van der Waals surface area contributed by atoms with E-state index in [0.29, 0.717) is 11.3 Å². The summed E-state index contributed by atoms with van der Waals surface area (Å²) in [5.74, 6) is -0.471.